The van der Waals surface area contributed by atoms with E-state index in [1.165, 1.54) is 6.42 Å². The van der Waals surface area contributed by atoms with Gasteiger partial charge in [-0.1, -0.05) is 12.1 Å². The van der Waals surface area contributed by atoms with Crippen LogP contribution in [0.15, 0.2) is 24.3 Å². The summed E-state index contributed by atoms with van der Waals surface area (Å²) in [5.74, 6) is 0. The number of para-hydroxylation sites is 1. The molecule has 3 fully saturated rings. The summed E-state index contributed by atoms with van der Waals surface area (Å²) < 4.78 is 0. The van der Waals surface area contributed by atoms with E-state index in [-0.39, 0.29) is 0 Å². The number of piperazine rings is 1. The molecule has 15 heavy (non-hydrogen) atoms. The fraction of sp³-hybridized carbons (Fsp3) is 0.417. The molecule has 0 spiro atoms. The highest BCUT2D eigenvalue weighted by Gasteiger charge is 2.36. The SMILES string of the molecule is N#Cc1ccccc1N1CC2CC(C1)N2. The molecular weight excluding hydrogens is 186 g/mol. The summed E-state index contributed by atoms with van der Waals surface area (Å²) in [6.07, 6.45) is 1.30. The van der Waals surface area contributed by atoms with E-state index < -0.39 is 0 Å². The zero-order valence-electron chi connectivity index (χ0n) is 8.48. The summed E-state index contributed by atoms with van der Waals surface area (Å²) in [7, 11) is 0. The van der Waals surface area contributed by atoms with Crippen molar-refractivity contribution in [2.75, 3.05) is 18.0 Å². The van der Waals surface area contributed by atoms with Crippen LogP contribution in [0.3, 0.4) is 0 Å². The Morgan fingerprint density at radius 3 is 2.60 bits per heavy atom. The number of fused-ring (bicyclic) bond motifs is 2. The highest BCUT2D eigenvalue weighted by Crippen LogP contribution is 2.28. The average molecular weight is 199 g/mol. The van der Waals surface area contributed by atoms with Crippen molar-refractivity contribution in [2.45, 2.75) is 18.5 Å². The van der Waals surface area contributed by atoms with E-state index in [1.54, 1.807) is 0 Å². The number of rotatable bonds is 1. The maximum Gasteiger partial charge on any atom is 0.101 e. The molecule has 76 valence electrons. The molecule has 0 radical (unpaired) electrons. The van der Waals surface area contributed by atoms with Gasteiger partial charge in [0.15, 0.2) is 0 Å². The summed E-state index contributed by atoms with van der Waals surface area (Å²) in [6, 6.07) is 11.4. The molecule has 1 N–H and O–H groups in total. The Morgan fingerprint density at radius 2 is 1.93 bits per heavy atom. The molecule has 0 saturated carbocycles. The molecule has 3 nitrogen and oxygen atoms in total. The van der Waals surface area contributed by atoms with Crippen molar-refractivity contribution in [1.29, 1.82) is 5.26 Å². The fourth-order valence-electron chi connectivity index (χ4n) is 2.55. The lowest BCUT2D eigenvalue weighted by molar-refractivity contribution is 0.226. The molecule has 2 bridgehead atoms. The van der Waals surface area contributed by atoms with Gasteiger partial charge < -0.3 is 10.2 Å². The van der Waals surface area contributed by atoms with Gasteiger partial charge in [-0.3, -0.25) is 0 Å². The molecule has 2 unspecified atom stereocenters. The van der Waals surface area contributed by atoms with E-state index >= 15 is 0 Å². The van der Waals surface area contributed by atoms with Gasteiger partial charge in [-0.05, 0) is 18.6 Å². The van der Waals surface area contributed by atoms with E-state index in [4.69, 9.17) is 5.26 Å². The van der Waals surface area contributed by atoms with Crippen molar-refractivity contribution < 1.29 is 0 Å². The summed E-state index contributed by atoms with van der Waals surface area (Å²) in [5, 5.41) is 12.5. The Morgan fingerprint density at radius 1 is 1.27 bits per heavy atom. The van der Waals surface area contributed by atoms with E-state index in [9.17, 15) is 0 Å². The van der Waals surface area contributed by atoms with Gasteiger partial charge in [0.25, 0.3) is 0 Å². The van der Waals surface area contributed by atoms with Crippen LogP contribution in [0.1, 0.15) is 12.0 Å². The second kappa shape index (κ2) is 3.25. The smallest absolute Gasteiger partial charge is 0.101 e. The van der Waals surface area contributed by atoms with Crippen molar-refractivity contribution in [2.24, 2.45) is 0 Å². The maximum absolute atomic E-state index is 9.03. The third-order valence-electron chi connectivity index (χ3n) is 3.29. The summed E-state index contributed by atoms with van der Waals surface area (Å²) in [6.45, 7) is 2.07. The lowest BCUT2D eigenvalue weighted by Crippen LogP contribution is -2.67. The van der Waals surface area contributed by atoms with Crippen LogP contribution in [-0.4, -0.2) is 25.2 Å². The third-order valence-corrected chi connectivity index (χ3v) is 3.29. The second-order valence-electron chi connectivity index (χ2n) is 4.33. The van der Waals surface area contributed by atoms with Gasteiger partial charge in [0, 0.05) is 25.2 Å². The Balaban J connectivity index is 1.89. The van der Waals surface area contributed by atoms with Gasteiger partial charge >= 0.3 is 0 Å². The van der Waals surface area contributed by atoms with E-state index in [2.05, 4.69) is 16.3 Å². The van der Waals surface area contributed by atoms with Crippen molar-refractivity contribution in [1.82, 2.24) is 5.32 Å². The Bertz CT molecular complexity index is 405. The molecule has 2 atom stereocenters. The minimum atomic E-state index is 0.635. The Labute approximate surface area is 89.3 Å². The molecule has 3 aliphatic heterocycles. The topological polar surface area (TPSA) is 39.1 Å². The molecule has 3 heterocycles. The van der Waals surface area contributed by atoms with E-state index in [0.717, 1.165) is 24.3 Å². The number of nitrogens with one attached hydrogen (secondary N) is 1. The summed E-state index contributed by atoms with van der Waals surface area (Å²) >= 11 is 0. The van der Waals surface area contributed by atoms with Crippen LogP contribution in [0.25, 0.3) is 0 Å². The van der Waals surface area contributed by atoms with Crippen LogP contribution in [0, 0.1) is 11.3 Å². The number of benzene rings is 1. The van der Waals surface area contributed by atoms with Crippen LogP contribution < -0.4 is 10.2 Å². The normalized spacial score (nSPS) is 28.1. The molecule has 3 saturated heterocycles. The number of nitrogens with zero attached hydrogens (tertiary/aromatic N) is 2. The first-order chi connectivity index (χ1) is 7.36. The largest absolute Gasteiger partial charge is 0.367 e. The van der Waals surface area contributed by atoms with Crippen LogP contribution in [0.2, 0.25) is 0 Å². The molecule has 0 aliphatic carbocycles. The number of piperidine rings is 1. The van der Waals surface area contributed by atoms with Crippen molar-refractivity contribution in [3.63, 3.8) is 0 Å². The summed E-state index contributed by atoms with van der Waals surface area (Å²) in [5.41, 5.74) is 1.88. The molecule has 1 aromatic carbocycles. The van der Waals surface area contributed by atoms with Crippen molar-refractivity contribution in [3.05, 3.63) is 29.8 Å². The predicted molar refractivity (Wildman–Crippen MR) is 58.7 cm³/mol. The standard InChI is InChI=1S/C12H13N3/c13-6-9-3-1-2-4-12(9)15-7-10-5-11(8-15)14-10/h1-4,10-11,14H,5,7-8H2. The highest BCUT2D eigenvalue weighted by molar-refractivity contribution is 5.60. The molecule has 0 amide bonds. The Hall–Kier alpha value is -1.53. The van der Waals surface area contributed by atoms with Gasteiger partial charge in [-0.15, -0.1) is 0 Å². The van der Waals surface area contributed by atoms with Gasteiger partial charge in [0.2, 0.25) is 0 Å². The molecule has 1 aromatic rings. The van der Waals surface area contributed by atoms with Gasteiger partial charge in [-0.2, -0.15) is 5.26 Å². The monoisotopic (exact) mass is 199 g/mol. The van der Waals surface area contributed by atoms with Gasteiger partial charge in [-0.25, -0.2) is 0 Å². The number of nitriles is 1. The lowest BCUT2D eigenvalue weighted by atomic mass is 9.90. The van der Waals surface area contributed by atoms with Crippen LogP contribution in [0.5, 0.6) is 0 Å². The number of hydrogen-bond acceptors (Lipinski definition) is 3. The zero-order chi connectivity index (χ0) is 10.3. The molecule has 3 heteroatoms. The van der Waals surface area contributed by atoms with Crippen LogP contribution in [0.4, 0.5) is 5.69 Å². The first kappa shape index (κ1) is 8.75. The van der Waals surface area contributed by atoms with Crippen LogP contribution in [-0.2, 0) is 0 Å². The quantitative estimate of drug-likeness (QED) is 0.736. The van der Waals surface area contributed by atoms with Crippen molar-refractivity contribution in [3.8, 4) is 6.07 Å². The molecular formula is C12H13N3. The fourth-order valence-corrected chi connectivity index (χ4v) is 2.55. The maximum atomic E-state index is 9.03. The Kier molecular flexibility index (Phi) is 1.90. The third kappa shape index (κ3) is 1.38. The molecule has 0 aromatic heterocycles. The molecule has 4 rings (SSSR count). The van der Waals surface area contributed by atoms with Crippen molar-refractivity contribution >= 4 is 5.69 Å². The average Bonchev–Trinajstić information content (AvgIpc) is 2.28. The zero-order valence-corrected chi connectivity index (χ0v) is 8.48. The minimum absolute atomic E-state index is 0.635. The van der Waals surface area contributed by atoms with Gasteiger partial charge in [0.05, 0.1) is 11.3 Å². The van der Waals surface area contributed by atoms with E-state index in [0.29, 0.717) is 12.1 Å². The first-order valence-electron chi connectivity index (χ1n) is 5.37. The predicted octanol–water partition coefficient (Wildman–Crippen LogP) is 1.11. The number of hydrogen-bond donors (Lipinski definition) is 1. The first-order valence-corrected chi connectivity index (χ1v) is 5.37. The second-order valence-corrected chi connectivity index (χ2v) is 4.33. The lowest BCUT2D eigenvalue weighted by Gasteiger charge is -2.49. The van der Waals surface area contributed by atoms with E-state index in [1.807, 2.05) is 24.3 Å². The van der Waals surface area contributed by atoms with Crippen LogP contribution >= 0.6 is 0 Å². The summed E-state index contributed by atoms with van der Waals surface area (Å²) in [4.78, 5) is 2.33. The minimum Gasteiger partial charge on any atom is -0.367 e. The number of anilines is 1. The highest BCUT2D eigenvalue weighted by atomic mass is 15.3. The molecule has 3 aliphatic rings. The van der Waals surface area contributed by atoms with Gasteiger partial charge in [0.1, 0.15) is 6.07 Å².